The molecule has 2 aliphatic rings. The Balaban J connectivity index is 1.74. The molecule has 7 heteroatoms. The fourth-order valence-electron chi connectivity index (χ4n) is 4.01. The van der Waals surface area contributed by atoms with Crippen LogP contribution in [-0.2, 0) is 0 Å². The van der Waals surface area contributed by atoms with Crippen molar-refractivity contribution in [3.05, 3.63) is 22.2 Å². The van der Waals surface area contributed by atoms with Gasteiger partial charge < -0.3 is 19.3 Å². The molecule has 0 bridgehead atoms. The van der Waals surface area contributed by atoms with Crippen molar-refractivity contribution < 1.29 is 14.4 Å². The molecule has 0 saturated carbocycles. The average molecular weight is 349 g/mol. The molecule has 2 saturated heterocycles. The average Bonchev–Trinajstić information content (AvgIpc) is 2.67. The third-order valence-electron chi connectivity index (χ3n) is 5.39. The van der Waals surface area contributed by atoms with Crippen LogP contribution in [0.1, 0.15) is 32.1 Å². The Morgan fingerprint density at radius 2 is 1.64 bits per heavy atom. The number of hydrogen-bond donors (Lipinski definition) is 0. The lowest BCUT2D eigenvalue weighted by Crippen LogP contribution is -2.46. The summed E-state index contributed by atoms with van der Waals surface area (Å²) in [6.45, 7) is 4.30. The summed E-state index contributed by atoms with van der Waals surface area (Å²) in [7, 11) is 3.01. The van der Waals surface area contributed by atoms with Gasteiger partial charge in [-0.3, -0.25) is 10.1 Å². The van der Waals surface area contributed by atoms with E-state index in [-0.39, 0.29) is 11.4 Å². The molecule has 1 aromatic rings. The van der Waals surface area contributed by atoms with Crippen molar-refractivity contribution in [2.24, 2.45) is 0 Å². The van der Waals surface area contributed by atoms with Gasteiger partial charge in [0, 0.05) is 25.2 Å². The molecule has 0 spiro atoms. The number of rotatable bonds is 5. The maximum absolute atomic E-state index is 11.2. The normalized spacial score (nSPS) is 19.7. The molecule has 2 fully saturated rings. The van der Waals surface area contributed by atoms with E-state index in [0.717, 1.165) is 31.6 Å². The summed E-state index contributed by atoms with van der Waals surface area (Å²) in [5.41, 5.74) is 0.813. The van der Waals surface area contributed by atoms with Crippen molar-refractivity contribution in [2.75, 3.05) is 45.3 Å². The molecule has 3 rings (SSSR count). The lowest BCUT2D eigenvalue weighted by Gasteiger charge is -2.41. The van der Waals surface area contributed by atoms with E-state index >= 15 is 0 Å². The van der Waals surface area contributed by atoms with E-state index in [9.17, 15) is 10.1 Å². The molecule has 0 unspecified atom stereocenters. The van der Waals surface area contributed by atoms with Crippen molar-refractivity contribution in [3.63, 3.8) is 0 Å². The van der Waals surface area contributed by atoms with Gasteiger partial charge in [-0.1, -0.05) is 6.42 Å². The van der Waals surface area contributed by atoms with Gasteiger partial charge in [-0.25, -0.2) is 0 Å². The van der Waals surface area contributed by atoms with Crippen LogP contribution in [-0.4, -0.2) is 56.3 Å². The Labute approximate surface area is 148 Å². The van der Waals surface area contributed by atoms with E-state index < -0.39 is 4.92 Å². The SMILES string of the molecule is COc1cc([N+](=O)[O-])c(OC)cc1N1CCC(N2CCCCC2)CC1. The van der Waals surface area contributed by atoms with Gasteiger partial charge in [0.05, 0.1) is 30.9 Å². The van der Waals surface area contributed by atoms with Crippen LogP contribution in [0.4, 0.5) is 11.4 Å². The van der Waals surface area contributed by atoms with Crippen molar-refractivity contribution in [3.8, 4) is 11.5 Å². The molecule has 138 valence electrons. The zero-order valence-corrected chi connectivity index (χ0v) is 15.1. The standard InChI is InChI=1S/C18H27N3O4/c1-24-17-13-16(21(22)23)18(25-2)12-15(17)20-10-6-14(7-11-20)19-8-4-3-5-9-19/h12-14H,3-11H2,1-2H3. The highest BCUT2D eigenvalue weighted by molar-refractivity contribution is 5.68. The third kappa shape index (κ3) is 3.81. The maximum atomic E-state index is 11.2. The number of likely N-dealkylation sites (tertiary alicyclic amines) is 1. The zero-order chi connectivity index (χ0) is 17.8. The summed E-state index contributed by atoms with van der Waals surface area (Å²) in [6.07, 6.45) is 6.21. The Morgan fingerprint density at radius 1 is 1.00 bits per heavy atom. The Hall–Kier alpha value is -2.02. The van der Waals surface area contributed by atoms with Crippen LogP contribution >= 0.6 is 0 Å². The van der Waals surface area contributed by atoms with E-state index in [1.807, 2.05) is 0 Å². The highest BCUT2D eigenvalue weighted by Crippen LogP contribution is 2.40. The first-order valence-corrected chi connectivity index (χ1v) is 9.03. The molecule has 25 heavy (non-hydrogen) atoms. The maximum Gasteiger partial charge on any atom is 0.314 e. The van der Waals surface area contributed by atoms with E-state index in [1.165, 1.54) is 45.5 Å². The van der Waals surface area contributed by atoms with Crippen LogP contribution in [0, 0.1) is 10.1 Å². The number of nitro groups is 1. The first kappa shape index (κ1) is 17.8. The van der Waals surface area contributed by atoms with Crippen LogP contribution in [0.15, 0.2) is 12.1 Å². The van der Waals surface area contributed by atoms with Gasteiger partial charge in [-0.2, -0.15) is 0 Å². The highest BCUT2D eigenvalue weighted by Gasteiger charge is 2.28. The summed E-state index contributed by atoms with van der Waals surface area (Å²) < 4.78 is 10.6. The number of nitro benzene ring substituents is 1. The molecule has 2 heterocycles. The molecule has 2 aliphatic heterocycles. The molecule has 0 N–H and O–H groups in total. The summed E-state index contributed by atoms with van der Waals surface area (Å²) >= 11 is 0. The number of ether oxygens (including phenoxy) is 2. The fraction of sp³-hybridized carbons (Fsp3) is 0.667. The minimum atomic E-state index is -0.437. The van der Waals surface area contributed by atoms with Gasteiger partial charge in [0.15, 0.2) is 5.75 Å². The van der Waals surface area contributed by atoms with Gasteiger partial charge in [-0.15, -0.1) is 0 Å². The second-order valence-corrected chi connectivity index (χ2v) is 6.77. The molecule has 0 aromatic heterocycles. The van der Waals surface area contributed by atoms with Crippen molar-refractivity contribution >= 4 is 11.4 Å². The van der Waals surface area contributed by atoms with E-state index in [0.29, 0.717) is 11.8 Å². The number of piperidine rings is 2. The van der Waals surface area contributed by atoms with Crippen molar-refractivity contribution in [1.82, 2.24) is 4.90 Å². The second-order valence-electron chi connectivity index (χ2n) is 6.77. The van der Waals surface area contributed by atoms with Gasteiger partial charge in [0.25, 0.3) is 0 Å². The van der Waals surface area contributed by atoms with E-state index in [4.69, 9.17) is 9.47 Å². The number of methoxy groups -OCH3 is 2. The van der Waals surface area contributed by atoms with Crippen LogP contribution in [0.25, 0.3) is 0 Å². The largest absolute Gasteiger partial charge is 0.494 e. The van der Waals surface area contributed by atoms with Gasteiger partial charge in [0.2, 0.25) is 0 Å². The lowest BCUT2D eigenvalue weighted by molar-refractivity contribution is -0.385. The first-order chi connectivity index (χ1) is 12.1. The second kappa shape index (κ2) is 7.91. The Bertz CT molecular complexity index is 609. The predicted molar refractivity (Wildman–Crippen MR) is 96.9 cm³/mol. The smallest absolute Gasteiger partial charge is 0.314 e. The zero-order valence-electron chi connectivity index (χ0n) is 15.1. The predicted octanol–water partition coefficient (Wildman–Crippen LogP) is 3.07. The number of nitrogens with zero attached hydrogens (tertiary/aromatic N) is 3. The van der Waals surface area contributed by atoms with E-state index in [2.05, 4.69) is 9.80 Å². The molecule has 7 nitrogen and oxygen atoms in total. The molecule has 0 amide bonds. The van der Waals surface area contributed by atoms with Gasteiger partial charge in [0.1, 0.15) is 5.75 Å². The topological polar surface area (TPSA) is 68.1 Å². The first-order valence-electron chi connectivity index (χ1n) is 9.03. The van der Waals surface area contributed by atoms with Crippen LogP contribution < -0.4 is 14.4 Å². The lowest BCUT2D eigenvalue weighted by atomic mass is 9.99. The Kier molecular flexibility index (Phi) is 5.63. The molecule has 0 radical (unpaired) electrons. The minimum absolute atomic E-state index is 0.0636. The van der Waals surface area contributed by atoms with Gasteiger partial charge >= 0.3 is 5.69 Å². The molecular weight excluding hydrogens is 322 g/mol. The summed E-state index contributed by atoms with van der Waals surface area (Å²) in [5, 5.41) is 11.2. The monoisotopic (exact) mass is 349 g/mol. The van der Waals surface area contributed by atoms with Crippen LogP contribution in [0.2, 0.25) is 0 Å². The van der Waals surface area contributed by atoms with E-state index in [1.54, 1.807) is 13.2 Å². The highest BCUT2D eigenvalue weighted by atomic mass is 16.6. The van der Waals surface area contributed by atoms with Crippen molar-refractivity contribution in [1.29, 1.82) is 0 Å². The Morgan fingerprint density at radius 3 is 2.20 bits per heavy atom. The van der Waals surface area contributed by atoms with Crippen LogP contribution in [0.5, 0.6) is 11.5 Å². The summed E-state index contributed by atoms with van der Waals surface area (Å²) in [4.78, 5) is 15.7. The fourth-order valence-corrected chi connectivity index (χ4v) is 4.01. The minimum Gasteiger partial charge on any atom is -0.494 e. The number of benzene rings is 1. The molecular formula is C18H27N3O4. The number of hydrogen-bond acceptors (Lipinski definition) is 6. The quantitative estimate of drug-likeness (QED) is 0.601. The third-order valence-corrected chi connectivity index (χ3v) is 5.39. The van der Waals surface area contributed by atoms with Crippen LogP contribution in [0.3, 0.4) is 0 Å². The molecule has 0 atom stereocenters. The molecule has 0 aliphatic carbocycles. The van der Waals surface area contributed by atoms with Gasteiger partial charge in [-0.05, 0) is 38.8 Å². The summed E-state index contributed by atoms with van der Waals surface area (Å²) in [6, 6.07) is 3.85. The van der Waals surface area contributed by atoms with Crippen molar-refractivity contribution in [2.45, 2.75) is 38.1 Å². The summed E-state index contributed by atoms with van der Waals surface area (Å²) in [5.74, 6) is 0.808. The molecule has 1 aromatic carbocycles. The number of anilines is 1.